The molecule has 0 unspecified atom stereocenters. The van der Waals surface area contributed by atoms with Crippen LogP contribution >= 0.6 is 0 Å². The molecule has 1 N–H and O–H groups in total. The zero-order valence-electron chi connectivity index (χ0n) is 4.35. The highest BCUT2D eigenvalue weighted by Crippen LogP contribution is 2.40. The molecular weight excluding hydrogens is 104 g/mol. The summed E-state index contributed by atoms with van der Waals surface area (Å²) in [5, 5.41) is 2.54. The van der Waals surface area contributed by atoms with Crippen molar-refractivity contribution in [3.63, 3.8) is 0 Å². The zero-order valence-corrected chi connectivity index (χ0v) is 4.35. The van der Waals surface area contributed by atoms with Crippen molar-refractivity contribution < 1.29 is 4.79 Å². The van der Waals surface area contributed by atoms with Crippen LogP contribution in [-0.2, 0) is 4.79 Å². The van der Waals surface area contributed by atoms with E-state index in [1.807, 2.05) is 0 Å². The highest BCUT2D eigenvalue weighted by molar-refractivity contribution is 6.02. The molecule has 2 rings (SSSR count). The van der Waals surface area contributed by atoms with E-state index < -0.39 is 0 Å². The van der Waals surface area contributed by atoms with Gasteiger partial charge < -0.3 is 5.32 Å². The molecule has 1 heterocycles. The Morgan fingerprint density at radius 3 is 2.75 bits per heavy atom. The SMILES string of the molecule is O=C1NC=NC12CC2. The van der Waals surface area contributed by atoms with E-state index in [1.165, 1.54) is 6.34 Å². The number of carbonyl (C=O) groups excluding carboxylic acids is 1. The van der Waals surface area contributed by atoms with Crippen LogP contribution in [0.5, 0.6) is 0 Å². The maximum Gasteiger partial charge on any atom is 0.253 e. The van der Waals surface area contributed by atoms with Crippen molar-refractivity contribution in [1.29, 1.82) is 0 Å². The summed E-state index contributed by atoms with van der Waals surface area (Å²) in [4.78, 5) is 14.7. The van der Waals surface area contributed by atoms with Crippen LogP contribution in [0.2, 0.25) is 0 Å². The number of aliphatic imine (C=N–C) groups is 1. The number of amides is 1. The van der Waals surface area contributed by atoms with Crippen molar-refractivity contribution in [2.45, 2.75) is 18.4 Å². The van der Waals surface area contributed by atoms with E-state index in [9.17, 15) is 4.79 Å². The van der Waals surface area contributed by atoms with Crippen LogP contribution in [0.1, 0.15) is 12.8 Å². The lowest BCUT2D eigenvalue weighted by Gasteiger charge is -1.93. The van der Waals surface area contributed by atoms with Crippen molar-refractivity contribution in [2.75, 3.05) is 0 Å². The molecule has 0 atom stereocenters. The average molecular weight is 110 g/mol. The van der Waals surface area contributed by atoms with Gasteiger partial charge in [-0.15, -0.1) is 0 Å². The zero-order chi connectivity index (χ0) is 5.61. The monoisotopic (exact) mass is 110 g/mol. The van der Waals surface area contributed by atoms with Gasteiger partial charge in [-0.1, -0.05) is 0 Å². The minimum atomic E-state index is -0.278. The Balaban J connectivity index is 2.35. The van der Waals surface area contributed by atoms with Crippen LogP contribution in [0.25, 0.3) is 0 Å². The van der Waals surface area contributed by atoms with Crippen molar-refractivity contribution in [1.82, 2.24) is 5.32 Å². The number of rotatable bonds is 0. The predicted octanol–water partition coefficient (Wildman–Crippen LogP) is -0.323. The van der Waals surface area contributed by atoms with Crippen molar-refractivity contribution >= 4 is 12.2 Å². The maximum absolute atomic E-state index is 10.7. The molecule has 1 fully saturated rings. The Bertz CT molecular complexity index is 169. The topological polar surface area (TPSA) is 41.5 Å². The Labute approximate surface area is 46.8 Å². The van der Waals surface area contributed by atoms with E-state index in [0.29, 0.717) is 0 Å². The fraction of sp³-hybridized carbons (Fsp3) is 0.600. The first-order valence-electron chi connectivity index (χ1n) is 2.68. The summed E-state index contributed by atoms with van der Waals surface area (Å²) in [6.45, 7) is 0. The summed E-state index contributed by atoms with van der Waals surface area (Å²) in [5.41, 5.74) is -0.278. The highest BCUT2D eigenvalue weighted by atomic mass is 16.2. The first-order valence-corrected chi connectivity index (χ1v) is 2.68. The number of carbonyl (C=O) groups is 1. The summed E-state index contributed by atoms with van der Waals surface area (Å²) in [6.07, 6.45) is 3.38. The summed E-state index contributed by atoms with van der Waals surface area (Å²) in [5.74, 6) is 0.0810. The van der Waals surface area contributed by atoms with Gasteiger partial charge in [0.2, 0.25) is 0 Å². The van der Waals surface area contributed by atoms with E-state index >= 15 is 0 Å². The van der Waals surface area contributed by atoms with E-state index in [1.54, 1.807) is 0 Å². The van der Waals surface area contributed by atoms with E-state index in [4.69, 9.17) is 0 Å². The quantitative estimate of drug-likeness (QED) is 0.456. The largest absolute Gasteiger partial charge is 0.315 e. The van der Waals surface area contributed by atoms with Gasteiger partial charge in [0.1, 0.15) is 5.54 Å². The molecule has 8 heavy (non-hydrogen) atoms. The second-order valence-corrected chi connectivity index (χ2v) is 2.26. The molecule has 3 heteroatoms. The highest BCUT2D eigenvalue weighted by Gasteiger charge is 2.51. The molecule has 0 bridgehead atoms. The van der Waals surface area contributed by atoms with Gasteiger partial charge in [0, 0.05) is 0 Å². The fourth-order valence-corrected chi connectivity index (χ4v) is 0.882. The standard InChI is InChI=1S/C5H6N2O/c8-4-5(1-2-5)7-3-6-4/h3H,1-2H2,(H,6,7,8). The first kappa shape index (κ1) is 4.06. The molecule has 1 saturated carbocycles. The van der Waals surface area contributed by atoms with Crippen LogP contribution < -0.4 is 5.32 Å². The third-order valence-corrected chi connectivity index (χ3v) is 1.65. The minimum Gasteiger partial charge on any atom is -0.315 e. The predicted molar refractivity (Wildman–Crippen MR) is 28.6 cm³/mol. The first-order chi connectivity index (χ1) is 3.83. The molecule has 1 amide bonds. The molecule has 1 aliphatic carbocycles. The van der Waals surface area contributed by atoms with Gasteiger partial charge in [0.15, 0.2) is 0 Å². The van der Waals surface area contributed by atoms with Gasteiger partial charge in [0.25, 0.3) is 5.91 Å². The van der Waals surface area contributed by atoms with Crippen molar-refractivity contribution in [2.24, 2.45) is 4.99 Å². The lowest BCUT2D eigenvalue weighted by Crippen LogP contribution is -2.25. The number of nitrogens with one attached hydrogen (secondary N) is 1. The fourth-order valence-electron chi connectivity index (χ4n) is 0.882. The summed E-state index contributed by atoms with van der Waals surface area (Å²) >= 11 is 0. The number of nitrogens with zero attached hydrogens (tertiary/aromatic N) is 1. The summed E-state index contributed by atoms with van der Waals surface area (Å²) < 4.78 is 0. The third-order valence-electron chi connectivity index (χ3n) is 1.65. The molecule has 0 saturated heterocycles. The molecule has 3 nitrogen and oxygen atoms in total. The smallest absolute Gasteiger partial charge is 0.253 e. The molecule has 2 aliphatic rings. The van der Waals surface area contributed by atoms with Gasteiger partial charge in [-0.3, -0.25) is 9.79 Å². The Morgan fingerprint density at radius 1 is 1.75 bits per heavy atom. The second-order valence-electron chi connectivity index (χ2n) is 2.26. The van der Waals surface area contributed by atoms with Crippen LogP contribution in [0.3, 0.4) is 0 Å². The molecule has 1 aliphatic heterocycles. The van der Waals surface area contributed by atoms with Gasteiger partial charge >= 0.3 is 0 Å². The van der Waals surface area contributed by atoms with Gasteiger partial charge in [-0.05, 0) is 12.8 Å². The Hall–Kier alpha value is -0.860. The lowest BCUT2D eigenvalue weighted by atomic mass is 10.3. The molecule has 0 aromatic rings. The molecule has 0 aromatic heterocycles. The van der Waals surface area contributed by atoms with E-state index in [0.717, 1.165) is 12.8 Å². The third kappa shape index (κ3) is 0.300. The number of hydrogen-bond acceptors (Lipinski definition) is 2. The lowest BCUT2D eigenvalue weighted by molar-refractivity contribution is -0.120. The molecule has 0 aromatic carbocycles. The Kier molecular flexibility index (Phi) is 0.477. The van der Waals surface area contributed by atoms with E-state index in [2.05, 4.69) is 10.3 Å². The van der Waals surface area contributed by atoms with Crippen molar-refractivity contribution in [3.8, 4) is 0 Å². The second kappa shape index (κ2) is 0.940. The summed E-state index contributed by atoms with van der Waals surface area (Å²) in [7, 11) is 0. The number of hydrogen-bond donors (Lipinski definition) is 1. The van der Waals surface area contributed by atoms with Gasteiger partial charge in [-0.25, -0.2) is 0 Å². The van der Waals surface area contributed by atoms with Gasteiger partial charge in [0.05, 0.1) is 6.34 Å². The van der Waals surface area contributed by atoms with Crippen LogP contribution in [0.15, 0.2) is 4.99 Å². The molecule has 42 valence electrons. The normalized spacial score (nSPS) is 28.8. The molecule has 1 spiro atoms. The Morgan fingerprint density at radius 2 is 2.50 bits per heavy atom. The van der Waals surface area contributed by atoms with E-state index in [-0.39, 0.29) is 11.4 Å². The molecular formula is C5H6N2O. The molecule has 0 radical (unpaired) electrons. The average Bonchev–Trinajstić information content (AvgIpc) is 2.39. The van der Waals surface area contributed by atoms with Gasteiger partial charge in [-0.2, -0.15) is 0 Å². The minimum absolute atomic E-state index is 0.0810. The van der Waals surface area contributed by atoms with Crippen molar-refractivity contribution in [3.05, 3.63) is 0 Å². The maximum atomic E-state index is 10.7. The van der Waals surface area contributed by atoms with Crippen LogP contribution in [0.4, 0.5) is 0 Å². The van der Waals surface area contributed by atoms with Crippen LogP contribution in [-0.4, -0.2) is 17.8 Å². The summed E-state index contributed by atoms with van der Waals surface area (Å²) in [6, 6.07) is 0. The van der Waals surface area contributed by atoms with Crippen LogP contribution in [0, 0.1) is 0 Å².